The molecule has 0 aliphatic rings. The van der Waals surface area contributed by atoms with Crippen molar-refractivity contribution in [2.75, 3.05) is 18.2 Å². The summed E-state index contributed by atoms with van der Waals surface area (Å²) in [6.07, 6.45) is 0. The van der Waals surface area contributed by atoms with Crippen molar-refractivity contribution in [2.24, 2.45) is 0 Å². The highest BCUT2D eigenvalue weighted by molar-refractivity contribution is 6.32. The lowest BCUT2D eigenvalue weighted by Gasteiger charge is -2.11. The topological polar surface area (TPSA) is 64.4 Å². The second kappa shape index (κ2) is 9.92. The summed E-state index contributed by atoms with van der Waals surface area (Å²) in [5.74, 6) is -0.101. The summed E-state index contributed by atoms with van der Waals surface area (Å²) in [5.41, 5.74) is 6.36. The largest absolute Gasteiger partial charge is 0.456 e. The van der Waals surface area contributed by atoms with E-state index in [1.54, 1.807) is 36.4 Å². The van der Waals surface area contributed by atoms with Gasteiger partial charge >= 0.3 is 0 Å². The molecule has 8 heteroatoms. The van der Waals surface area contributed by atoms with Crippen LogP contribution in [0.15, 0.2) is 60.7 Å². The second-order valence-corrected chi connectivity index (χ2v) is 6.23. The third kappa shape index (κ3) is 5.58. The predicted molar refractivity (Wildman–Crippen MR) is 109 cm³/mol. The Balaban J connectivity index is 0.00000136. The van der Waals surface area contributed by atoms with Crippen LogP contribution in [0.5, 0.6) is 11.5 Å². The lowest BCUT2D eigenvalue weighted by atomic mass is 10.1. The van der Waals surface area contributed by atoms with Crippen LogP contribution in [0.4, 0.5) is 20.2 Å². The number of amides is 1. The lowest BCUT2D eigenvalue weighted by molar-refractivity contribution is 0.102. The average molecular weight is 425 g/mol. The van der Waals surface area contributed by atoms with Crippen LogP contribution in [0, 0.1) is 5.82 Å². The molecule has 0 aromatic heterocycles. The molecule has 3 aromatic rings. The molecule has 0 saturated carbocycles. The molecule has 28 heavy (non-hydrogen) atoms. The fraction of sp³-hybridized carbons (Fsp3) is 0.0500. The van der Waals surface area contributed by atoms with Gasteiger partial charge in [-0.1, -0.05) is 23.2 Å². The van der Waals surface area contributed by atoms with Gasteiger partial charge in [0.1, 0.15) is 17.3 Å². The van der Waals surface area contributed by atoms with E-state index in [-0.39, 0.29) is 11.3 Å². The van der Waals surface area contributed by atoms with Gasteiger partial charge < -0.3 is 15.8 Å². The number of carbonyl (C=O) groups excluding carboxylic acids is 1. The van der Waals surface area contributed by atoms with E-state index < -0.39 is 11.7 Å². The fourth-order valence-corrected chi connectivity index (χ4v) is 2.56. The van der Waals surface area contributed by atoms with Gasteiger partial charge in [0.05, 0.1) is 17.8 Å². The number of hydrogen-bond acceptors (Lipinski definition) is 3. The molecule has 0 aliphatic heterocycles. The number of rotatable bonds is 4. The molecule has 3 aromatic carbocycles. The summed E-state index contributed by atoms with van der Waals surface area (Å²) >= 11 is 12.0. The van der Waals surface area contributed by atoms with Gasteiger partial charge in [0.2, 0.25) is 0 Å². The van der Waals surface area contributed by atoms with Crippen LogP contribution in [0.2, 0.25) is 10.0 Å². The van der Waals surface area contributed by atoms with Crippen molar-refractivity contribution >= 4 is 40.5 Å². The summed E-state index contributed by atoms with van der Waals surface area (Å²) in [7, 11) is 0.500. The first-order valence-corrected chi connectivity index (χ1v) is 8.65. The molecule has 4 nitrogen and oxygen atoms in total. The highest BCUT2D eigenvalue weighted by atomic mass is 35.5. The Bertz CT molecular complexity index is 967. The average Bonchev–Trinajstić information content (AvgIpc) is 2.69. The smallest absolute Gasteiger partial charge is 0.257 e. The minimum atomic E-state index is -0.547. The summed E-state index contributed by atoms with van der Waals surface area (Å²) in [4.78, 5) is 12.3. The maximum absolute atomic E-state index is 13.3. The number of nitrogens with two attached hydrogens (primary N) is 1. The zero-order valence-corrected chi connectivity index (χ0v) is 16.2. The Morgan fingerprint density at radius 3 is 2.32 bits per heavy atom. The summed E-state index contributed by atoms with van der Waals surface area (Å²) in [5, 5.41) is 3.51. The molecule has 3 N–H and O–H groups in total. The number of nitrogens with one attached hydrogen (secondary N) is 1. The quantitative estimate of drug-likeness (QED) is 0.479. The first kappa shape index (κ1) is 21.5. The van der Waals surface area contributed by atoms with E-state index in [9.17, 15) is 13.6 Å². The molecule has 0 aliphatic carbocycles. The van der Waals surface area contributed by atoms with Crippen molar-refractivity contribution in [2.45, 2.75) is 0 Å². The Morgan fingerprint density at radius 2 is 1.68 bits per heavy atom. The third-order valence-corrected chi connectivity index (χ3v) is 4.04. The van der Waals surface area contributed by atoms with Crippen LogP contribution < -0.4 is 15.8 Å². The molecule has 1 amide bonds. The summed E-state index contributed by atoms with van der Waals surface area (Å²) in [6, 6.07) is 15.2. The number of benzene rings is 3. The van der Waals surface area contributed by atoms with Gasteiger partial charge in [-0.3, -0.25) is 9.18 Å². The van der Waals surface area contributed by atoms with Crippen molar-refractivity contribution in [3.63, 3.8) is 0 Å². The van der Waals surface area contributed by atoms with Crippen molar-refractivity contribution in [3.05, 3.63) is 82.1 Å². The van der Waals surface area contributed by atoms with Gasteiger partial charge in [-0.2, -0.15) is 0 Å². The molecule has 146 valence electrons. The van der Waals surface area contributed by atoms with Crippen molar-refractivity contribution < 1.29 is 18.3 Å². The third-order valence-electron chi connectivity index (χ3n) is 3.49. The minimum Gasteiger partial charge on any atom is -0.456 e. The van der Waals surface area contributed by atoms with Gasteiger partial charge in [-0.15, -0.1) is 0 Å². The van der Waals surface area contributed by atoms with Crippen molar-refractivity contribution in [1.29, 1.82) is 0 Å². The Labute approximate surface area is 170 Å². The maximum Gasteiger partial charge on any atom is 0.257 e. The van der Waals surface area contributed by atoms with Gasteiger partial charge in [-0.25, -0.2) is 4.39 Å². The molecular weight excluding hydrogens is 409 g/mol. The Morgan fingerprint density at radius 1 is 1.00 bits per heavy atom. The number of carbonyl (C=O) groups is 1. The zero-order valence-electron chi connectivity index (χ0n) is 14.7. The van der Waals surface area contributed by atoms with E-state index >= 15 is 0 Å². The molecule has 3 rings (SSSR count). The zero-order chi connectivity index (χ0) is 20.7. The monoisotopic (exact) mass is 424 g/mol. The molecule has 0 unspecified atom stereocenters. The van der Waals surface area contributed by atoms with Crippen molar-refractivity contribution in [3.8, 4) is 11.5 Å². The maximum atomic E-state index is 13.3. The van der Waals surface area contributed by atoms with Crippen LogP contribution in [0.1, 0.15) is 10.4 Å². The molecule has 0 radical (unpaired) electrons. The first-order chi connectivity index (χ1) is 13.4. The van der Waals surface area contributed by atoms with E-state index in [4.69, 9.17) is 33.7 Å². The standard InChI is InChI=1S/C19H13Cl2FN2O2.CH3F/c20-11-1-5-14(6-2-11)26-18-8-4-13(10-16(18)21)24-19(25)15-9-12(22)3-7-17(15)23;1-2/h1-10H,23H2,(H,24,25);1H3. The van der Waals surface area contributed by atoms with E-state index in [1.807, 2.05) is 0 Å². The number of anilines is 2. The molecule has 0 heterocycles. The van der Waals surface area contributed by atoms with Crippen molar-refractivity contribution in [1.82, 2.24) is 0 Å². The molecule has 0 saturated heterocycles. The SMILES string of the molecule is CF.Nc1ccc(F)cc1C(=O)Nc1ccc(Oc2ccc(Cl)cc2)c(Cl)c1. The van der Waals surface area contributed by atoms with E-state index in [0.29, 0.717) is 34.4 Å². The van der Waals surface area contributed by atoms with E-state index in [2.05, 4.69) is 5.32 Å². The van der Waals surface area contributed by atoms with Crippen LogP contribution in [-0.2, 0) is 0 Å². The van der Waals surface area contributed by atoms with Gasteiger partial charge in [0.25, 0.3) is 5.91 Å². The molecule has 0 atom stereocenters. The van der Waals surface area contributed by atoms with Gasteiger partial charge in [-0.05, 0) is 60.7 Å². The number of hydrogen-bond donors (Lipinski definition) is 2. The fourth-order valence-electron chi connectivity index (χ4n) is 2.21. The minimum absolute atomic E-state index is 0.0441. The van der Waals surface area contributed by atoms with Crippen LogP contribution >= 0.6 is 23.2 Å². The summed E-state index contributed by atoms with van der Waals surface area (Å²) in [6.45, 7) is 0. The first-order valence-electron chi connectivity index (χ1n) is 7.89. The van der Waals surface area contributed by atoms with Crippen LogP contribution in [-0.4, -0.2) is 13.1 Å². The highest BCUT2D eigenvalue weighted by Crippen LogP contribution is 2.32. The Hall–Kier alpha value is -2.83. The normalized spacial score (nSPS) is 9.89. The number of alkyl halides is 1. The van der Waals surface area contributed by atoms with Crippen LogP contribution in [0.3, 0.4) is 0 Å². The summed E-state index contributed by atoms with van der Waals surface area (Å²) < 4.78 is 28.5. The Kier molecular flexibility index (Phi) is 7.61. The van der Waals surface area contributed by atoms with E-state index in [0.717, 1.165) is 6.07 Å². The number of ether oxygens (including phenoxy) is 1. The number of nitrogen functional groups attached to an aromatic ring is 1. The predicted octanol–water partition coefficient (Wildman–Crippen LogP) is 6.35. The van der Waals surface area contributed by atoms with Gasteiger partial charge in [0.15, 0.2) is 0 Å². The number of halogens is 4. The molecule has 0 bridgehead atoms. The van der Waals surface area contributed by atoms with E-state index in [1.165, 1.54) is 18.2 Å². The van der Waals surface area contributed by atoms with Gasteiger partial charge in [0, 0.05) is 16.4 Å². The molecule has 0 spiro atoms. The van der Waals surface area contributed by atoms with Crippen LogP contribution in [0.25, 0.3) is 0 Å². The molecule has 0 fully saturated rings. The second-order valence-electron chi connectivity index (χ2n) is 5.39. The molecular formula is C20H16Cl2F2N2O2. The highest BCUT2D eigenvalue weighted by Gasteiger charge is 2.12. The lowest BCUT2D eigenvalue weighted by Crippen LogP contribution is -2.14.